The van der Waals surface area contributed by atoms with Crippen LogP contribution in [0.4, 0.5) is 0 Å². The molecule has 0 saturated carbocycles. The number of hydrogen-bond donors (Lipinski definition) is 1. The average Bonchev–Trinajstić information content (AvgIpc) is 2.17. The van der Waals surface area contributed by atoms with Gasteiger partial charge in [-0.3, -0.25) is 0 Å². The number of piperidine rings is 1. The molecule has 4 nitrogen and oxygen atoms in total. The molecule has 1 saturated heterocycles. The molecular formula is C9H20N2O2S. The van der Waals surface area contributed by atoms with Crippen LogP contribution in [-0.2, 0) is 10.0 Å². The van der Waals surface area contributed by atoms with Crippen molar-refractivity contribution in [2.45, 2.75) is 32.7 Å². The fourth-order valence-electron chi connectivity index (χ4n) is 1.78. The van der Waals surface area contributed by atoms with Crippen LogP contribution in [0.2, 0.25) is 0 Å². The van der Waals surface area contributed by atoms with Crippen molar-refractivity contribution >= 4 is 10.0 Å². The summed E-state index contributed by atoms with van der Waals surface area (Å²) in [5.41, 5.74) is 0. The van der Waals surface area contributed by atoms with Gasteiger partial charge in [-0.05, 0) is 32.9 Å². The van der Waals surface area contributed by atoms with E-state index in [1.54, 1.807) is 6.92 Å². The molecule has 5 heteroatoms. The highest BCUT2D eigenvalue weighted by molar-refractivity contribution is 7.89. The molecule has 1 unspecified atom stereocenters. The first-order valence-corrected chi connectivity index (χ1v) is 6.95. The summed E-state index contributed by atoms with van der Waals surface area (Å²) in [6.07, 6.45) is 2.06. The molecule has 1 aliphatic rings. The third-order valence-electron chi connectivity index (χ3n) is 2.68. The Hall–Kier alpha value is -0.130. The molecule has 1 aliphatic heterocycles. The molecule has 0 aromatic carbocycles. The molecule has 1 rings (SSSR count). The molecule has 1 atom stereocenters. The van der Waals surface area contributed by atoms with Gasteiger partial charge in [0.25, 0.3) is 0 Å². The van der Waals surface area contributed by atoms with Gasteiger partial charge in [-0.25, -0.2) is 13.1 Å². The molecular weight excluding hydrogens is 200 g/mol. The highest BCUT2D eigenvalue weighted by atomic mass is 32.2. The highest BCUT2D eigenvalue weighted by Gasteiger charge is 2.22. The van der Waals surface area contributed by atoms with Crippen LogP contribution in [0, 0.1) is 0 Å². The van der Waals surface area contributed by atoms with E-state index in [0.29, 0.717) is 0 Å². The highest BCUT2D eigenvalue weighted by Crippen LogP contribution is 2.10. The van der Waals surface area contributed by atoms with Crippen LogP contribution < -0.4 is 4.72 Å². The second-order valence-corrected chi connectivity index (χ2v) is 5.80. The van der Waals surface area contributed by atoms with Crippen LogP contribution in [0.15, 0.2) is 0 Å². The van der Waals surface area contributed by atoms with E-state index in [0.717, 1.165) is 32.5 Å². The molecule has 0 aliphatic carbocycles. The van der Waals surface area contributed by atoms with E-state index in [1.165, 1.54) is 0 Å². The summed E-state index contributed by atoms with van der Waals surface area (Å²) in [7, 11) is -3.03. The monoisotopic (exact) mass is 220 g/mol. The van der Waals surface area contributed by atoms with Crippen molar-refractivity contribution in [3.05, 3.63) is 0 Å². The van der Waals surface area contributed by atoms with Gasteiger partial charge < -0.3 is 4.90 Å². The number of likely N-dealkylation sites (N-methyl/N-ethyl adjacent to an activating group) is 1. The summed E-state index contributed by atoms with van der Waals surface area (Å²) in [4.78, 5) is 2.28. The molecule has 1 heterocycles. The van der Waals surface area contributed by atoms with Crippen molar-refractivity contribution in [1.29, 1.82) is 0 Å². The first kappa shape index (κ1) is 11.9. The number of nitrogens with one attached hydrogen (secondary N) is 1. The number of sulfonamides is 1. The van der Waals surface area contributed by atoms with E-state index in [9.17, 15) is 8.42 Å². The third-order valence-corrected chi connectivity index (χ3v) is 4.13. The van der Waals surface area contributed by atoms with Crippen molar-refractivity contribution in [2.75, 3.05) is 25.4 Å². The van der Waals surface area contributed by atoms with Gasteiger partial charge in [-0.15, -0.1) is 0 Å². The Morgan fingerprint density at radius 1 is 1.43 bits per heavy atom. The van der Waals surface area contributed by atoms with Crippen molar-refractivity contribution < 1.29 is 8.42 Å². The van der Waals surface area contributed by atoms with E-state index in [-0.39, 0.29) is 11.8 Å². The van der Waals surface area contributed by atoms with Gasteiger partial charge in [0.05, 0.1) is 5.75 Å². The van der Waals surface area contributed by atoms with Gasteiger partial charge in [-0.1, -0.05) is 6.92 Å². The van der Waals surface area contributed by atoms with Gasteiger partial charge in [-0.2, -0.15) is 0 Å². The van der Waals surface area contributed by atoms with E-state index in [1.807, 2.05) is 0 Å². The van der Waals surface area contributed by atoms with Gasteiger partial charge in [0.15, 0.2) is 0 Å². The molecule has 1 fully saturated rings. The van der Waals surface area contributed by atoms with Gasteiger partial charge >= 0.3 is 0 Å². The summed E-state index contributed by atoms with van der Waals surface area (Å²) in [5.74, 6) is 0.176. The maximum absolute atomic E-state index is 11.3. The minimum atomic E-state index is -3.03. The second-order valence-electron chi connectivity index (χ2n) is 3.75. The normalized spacial score (nSPS) is 25.1. The number of hydrogen-bond acceptors (Lipinski definition) is 3. The molecule has 0 spiro atoms. The minimum absolute atomic E-state index is 0.119. The van der Waals surface area contributed by atoms with Gasteiger partial charge in [0, 0.05) is 12.6 Å². The Kier molecular flexibility index (Phi) is 4.34. The molecule has 14 heavy (non-hydrogen) atoms. The summed E-state index contributed by atoms with van der Waals surface area (Å²) in [5, 5.41) is 0. The Morgan fingerprint density at radius 2 is 2.14 bits per heavy atom. The van der Waals surface area contributed by atoms with Crippen LogP contribution in [-0.4, -0.2) is 44.7 Å². The molecule has 0 radical (unpaired) electrons. The van der Waals surface area contributed by atoms with Crippen molar-refractivity contribution in [1.82, 2.24) is 9.62 Å². The van der Waals surface area contributed by atoms with Crippen LogP contribution in [0.1, 0.15) is 26.7 Å². The maximum Gasteiger partial charge on any atom is 0.211 e. The molecule has 0 aromatic heterocycles. The van der Waals surface area contributed by atoms with Crippen LogP contribution in [0.3, 0.4) is 0 Å². The zero-order chi connectivity index (χ0) is 10.6. The zero-order valence-electron chi connectivity index (χ0n) is 8.99. The molecule has 1 N–H and O–H groups in total. The Balaban J connectivity index is 2.45. The molecule has 0 bridgehead atoms. The van der Waals surface area contributed by atoms with Crippen LogP contribution in [0.5, 0.6) is 0 Å². The lowest BCUT2D eigenvalue weighted by Crippen LogP contribution is -2.47. The summed E-state index contributed by atoms with van der Waals surface area (Å²) < 4.78 is 25.4. The Labute approximate surface area is 86.7 Å². The van der Waals surface area contributed by atoms with Crippen LogP contribution >= 0.6 is 0 Å². The van der Waals surface area contributed by atoms with Crippen molar-refractivity contribution in [2.24, 2.45) is 0 Å². The van der Waals surface area contributed by atoms with E-state index in [4.69, 9.17) is 0 Å². The number of likely N-dealkylation sites (tertiary alicyclic amines) is 1. The fraction of sp³-hybridized carbons (Fsp3) is 1.00. The standard InChI is InChI=1S/C9H20N2O2S/c1-3-11-7-5-6-9(8-11)10-14(12,13)4-2/h9-10H,3-8H2,1-2H3. The van der Waals surface area contributed by atoms with Crippen LogP contribution in [0.25, 0.3) is 0 Å². The average molecular weight is 220 g/mol. The van der Waals surface area contributed by atoms with Crippen molar-refractivity contribution in [3.8, 4) is 0 Å². The van der Waals surface area contributed by atoms with Gasteiger partial charge in [0.1, 0.15) is 0 Å². The van der Waals surface area contributed by atoms with E-state index in [2.05, 4.69) is 16.5 Å². The minimum Gasteiger partial charge on any atom is -0.302 e. The first-order chi connectivity index (χ1) is 6.57. The Morgan fingerprint density at radius 3 is 2.71 bits per heavy atom. The predicted octanol–water partition coefficient (Wildman–Crippen LogP) is 0.410. The summed E-state index contributed by atoms with van der Waals surface area (Å²) >= 11 is 0. The smallest absolute Gasteiger partial charge is 0.211 e. The van der Waals surface area contributed by atoms with Crippen molar-refractivity contribution in [3.63, 3.8) is 0 Å². The lowest BCUT2D eigenvalue weighted by molar-refractivity contribution is 0.211. The quantitative estimate of drug-likeness (QED) is 0.746. The summed E-state index contributed by atoms with van der Waals surface area (Å²) in [6, 6.07) is 0.119. The third kappa shape index (κ3) is 3.55. The van der Waals surface area contributed by atoms with Gasteiger partial charge in [0.2, 0.25) is 10.0 Å². The largest absolute Gasteiger partial charge is 0.302 e. The summed E-state index contributed by atoms with van der Waals surface area (Å²) in [6.45, 7) is 6.74. The van der Waals surface area contributed by atoms with E-state index < -0.39 is 10.0 Å². The predicted molar refractivity (Wildman–Crippen MR) is 57.7 cm³/mol. The zero-order valence-corrected chi connectivity index (χ0v) is 9.81. The fourth-order valence-corrected chi connectivity index (χ4v) is 2.64. The number of nitrogens with zero attached hydrogens (tertiary/aromatic N) is 1. The molecule has 0 aromatic rings. The number of rotatable bonds is 4. The molecule has 84 valence electrons. The maximum atomic E-state index is 11.3. The second kappa shape index (κ2) is 5.09. The lowest BCUT2D eigenvalue weighted by Gasteiger charge is -2.31. The Bertz CT molecular complexity index is 264. The lowest BCUT2D eigenvalue weighted by atomic mass is 10.1. The molecule has 0 amide bonds. The van der Waals surface area contributed by atoms with E-state index >= 15 is 0 Å². The SMILES string of the molecule is CCN1CCCC(NS(=O)(=O)CC)C1. The topological polar surface area (TPSA) is 49.4 Å². The first-order valence-electron chi connectivity index (χ1n) is 5.29.